The van der Waals surface area contributed by atoms with Gasteiger partial charge >= 0.3 is 7.32 Å². The van der Waals surface area contributed by atoms with Crippen LogP contribution in [0.4, 0.5) is 0 Å². The molecule has 1 heterocycles. The summed E-state index contributed by atoms with van der Waals surface area (Å²) in [6, 6.07) is 8.18. The van der Waals surface area contributed by atoms with E-state index in [-0.39, 0.29) is 5.91 Å². The van der Waals surface area contributed by atoms with Crippen LogP contribution in [-0.2, 0) is 24.1 Å². The summed E-state index contributed by atoms with van der Waals surface area (Å²) < 4.78 is 21.7. The average molecular weight is 530 g/mol. The lowest BCUT2D eigenvalue weighted by atomic mass is 9.77. The Morgan fingerprint density at radius 2 is 1.42 bits per heavy atom. The highest BCUT2D eigenvalue weighted by molar-refractivity contribution is 6.30. The molecular weight excluding hydrogens is 491 g/mol. The van der Waals surface area contributed by atoms with E-state index in [2.05, 4.69) is 24.1 Å². The fraction of sp³-hybridized carbons (Fsp3) is 0.519. The Morgan fingerprint density at radius 3 is 2.00 bits per heavy atom. The first-order valence-electron chi connectivity index (χ1n) is 12.7. The quantitative estimate of drug-likeness (QED) is 0.390. The van der Waals surface area contributed by atoms with Gasteiger partial charge in [-0.3, -0.25) is 4.79 Å². The molecule has 38 heavy (non-hydrogen) atoms. The normalized spacial score (nSPS) is 15.9. The molecule has 0 fully saturated rings. The molecule has 0 bridgehead atoms. The molecule has 11 heteroatoms. The van der Waals surface area contributed by atoms with Gasteiger partial charge in [0.1, 0.15) is 0 Å². The molecule has 0 radical (unpaired) electrons. The van der Waals surface area contributed by atoms with Crippen molar-refractivity contribution in [2.24, 2.45) is 0 Å². The van der Waals surface area contributed by atoms with Gasteiger partial charge in [0.2, 0.25) is 5.91 Å². The minimum Gasteiger partial charge on any atom is -0.493 e. The first-order chi connectivity index (χ1) is 18.2. The minimum absolute atomic E-state index is 0.183. The zero-order valence-electron chi connectivity index (χ0n) is 22.9. The van der Waals surface area contributed by atoms with E-state index in [0.717, 1.165) is 68.3 Å². The monoisotopic (exact) mass is 530 g/mol. The Bertz CT molecular complexity index is 1090. The number of carbonyl (C=O) groups is 1. The van der Waals surface area contributed by atoms with Crippen molar-refractivity contribution < 1.29 is 38.8 Å². The second-order valence-corrected chi connectivity index (χ2v) is 9.55. The molecule has 3 N–H and O–H groups in total. The number of fused-ring (bicyclic) bond motifs is 2. The zero-order valence-corrected chi connectivity index (χ0v) is 22.9. The maximum Gasteiger partial charge on any atom is 0.631 e. The van der Waals surface area contributed by atoms with Gasteiger partial charge in [-0.05, 0) is 79.4 Å². The lowest BCUT2D eigenvalue weighted by Gasteiger charge is -2.34. The molecule has 0 spiro atoms. The molecule has 1 atom stereocenters. The number of hydrogen-bond donors (Lipinski definition) is 3. The van der Waals surface area contributed by atoms with Crippen LogP contribution >= 0.6 is 0 Å². The Morgan fingerprint density at radius 1 is 0.895 bits per heavy atom. The molecule has 2 aliphatic rings. The van der Waals surface area contributed by atoms with Crippen LogP contribution in [0.3, 0.4) is 0 Å². The Kier molecular flexibility index (Phi) is 10.7. The lowest BCUT2D eigenvalue weighted by Crippen LogP contribution is -2.36. The van der Waals surface area contributed by atoms with E-state index < -0.39 is 7.32 Å². The summed E-state index contributed by atoms with van der Waals surface area (Å²) in [6.07, 6.45) is 3.27. The minimum atomic E-state index is -2.17. The molecule has 4 rings (SSSR count). The summed E-state index contributed by atoms with van der Waals surface area (Å²) in [4.78, 5) is 17.3. The van der Waals surface area contributed by atoms with Crippen molar-refractivity contribution in [2.75, 3.05) is 61.7 Å². The largest absolute Gasteiger partial charge is 0.631 e. The van der Waals surface area contributed by atoms with E-state index in [1.807, 2.05) is 17.0 Å². The third-order valence-electron chi connectivity index (χ3n) is 7.10. The lowest BCUT2D eigenvalue weighted by molar-refractivity contribution is -0.130. The highest BCUT2D eigenvalue weighted by Gasteiger charge is 2.29. The number of ether oxygens (including phenoxy) is 4. The number of nitrogens with zero attached hydrogens (tertiary/aromatic N) is 2. The summed E-state index contributed by atoms with van der Waals surface area (Å²) in [5.41, 5.74) is 4.91. The van der Waals surface area contributed by atoms with E-state index in [1.165, 1.54) is 16.7 Å². The van der Waals surface area contributed by atoms with Crippen molar-refractivity contribution in [1.82, 2.24) is 9.80 Å². The number of likely N-dealkylation sites (N-methyl/N-ethyl adjacent to an activating group) is 1. The van der Waals surface area contributed by atoms with Crippen molar-refractivity contribution in [1.29, 1.82) is 0 Å². The predicted octanol–water partition coefficient (Wildman–Crippen LogP) is 1.26. The molecule has 1 aliphatic heterocycles. The van der Waals surface area contributed by atoms with Crippen LogP contribution in [0.2, 0.25) is 0 Å². The third-order valence-corrected chi connectivity index (χ3v) is 7.10. The Labute approximate surface area is 224 Å². The van der Waals surface area contributed by atoms with Crippen molar-refractivity contribution in [2.45, 2.75) is 31.6 Å². The van der Waals surface area contributed by atoms with E-state index in [1.54, 1.807) is 28.4 Å². The van der Waals surface area contributed by atoms with E-state index >= 15 is 0 Å². The highest BCUT2D eigenvalue weighted by Crippen LogP contribution is 2.42. The summed E-state index contributed by atoms with van der Waals surface area (Å²) in [5.74, 6) is 3.69. The molecule has 1 aliphatic carbocycles. The predicted molar refractivity (Wildman–Crippen MR) is 144 cm³/mol. The van der Waals surface area contributed by atoms with Crippen LogP contribution in [0.1, 0.15) is 34.6 Å². The van der Waals surface area contributed by atoms with Crippen LogP contribution in [0.5, 0.6) is 23.0 Å². The van der Waals surface area contributed by atoms with Crippen LogP contribution in [0, 0.1) is 0 Å². The fourth-order valence-corrected chi connectivity index (χ4v) is 5.15. The second kappa shape index (κ2) is 13.7. The molecule has 2 aromatic carbocycles. The number of amides is 1. The average Bonchev–Trinajstić information content (AvgIpc) is 3.03. The van der Waals surface area contributed by atoms with Gasteiger partial charge in [-0.2, -0.15) is 0 Å². The fourth-order valence-electron chi connectivity index (χ4n) is 5.15. The molecule has 0 saturated heterocycles. The van der Waals surface area contributed by atoms with E-state index in [0.29, 0.717) is 18.1 Å². The van der Waals surface area contributed by atoms with Crippen LogP contribution in [-0.4, -0.2) is 99.8 Å². The van der Waals surface area contributed by atoms with Crippen molar-refractivity contribution in [3.05, 3.63) is 46.5 Å². The standard InChI is InChI=1S/C27H36N2O5.BH3O3/c1-28(17-21-11-20-14-25(33-4)26(34-5)16-22(20)21)8-6-9-29-10-7-18-12-23(31-2)24(32-3)13-19(18)15-27(29)30;2-1(3)4/h12-14,16,21H,6-11,15,17H2,1-5H3;2-4H/t21-;/m1./s1. The van der Waals surface area contributed by atoms with Crippen molar-refractivity contribution >= 4 is 13.2 Å². The Hall–Kier alpha value is -2.99. The topological polar surface area (TPSA) is 121 Å². The van der Waals surface area contributed by atoms with E-state index in [4.69, 9.17) is 34.0 Å². The summed E-state index contributed by atoms with van der Waals surface area (Å²) in [6.45, 7) is 3.47. The first-order valence-corrected chi connectivity index (χ1v) is 12.7. The number of carbonyl (C=O) groups excluding carboxylic acids is 1. The number of hydrogen-bond acceptors (Lipinski definition) is 9. The summed E-state index contributed by atoms with van der Waals surface area (Å²) in [5, 5.41) is 21.5. The molecular formula is C27H39BN2O8. The van der Waals surface area contributed by atoms with Gasteiger partial charge in [0.05, 0.1) is 34.9 Å². The van der Waals surface area contributed by atoms with Gasteiger partial charge < -0.3 is 43.8 Å². The Balaban J connectivity index is 0.000000934. The third kappa shape index (κ3) is 7.31. The van der Waals surface area contributed by atoms with Gasteiger partial charge in [0, 0.05) is 25.6 Å². The maximum absolute atomic E-state index is 12.9. The van der Waals surface area contributed by atoms with Crippen LogP contribution < -0.4 is 18.9 Å². The maximum atomic E-state index is 12.9. The second-order valence-electron chi connectivity index (χ2n) is 9.55. The van der Waals surface area contributed by atoms with Gasteiger partial charge in [0.25, 0.3) is 0 Å². The van der Waals surface area contributed by atoms with E-state index in [9.17, 15) is 4.79 Å². The molecule has 1 amide bonds. The number of methoxy groups -OCH3 is 4. The van der Waals surface area contributed by atoms with Gasteiger partial charge in [0.15, 0.2) is 23.0 Å². The molecule has 2 aromatic rings. The van der Waals surface area contributed by atoms with Gasteiger partial charge in [-0.15, -0.1) is 0 Å². The number of rotatable bonds is 10. The van der Waals surface area contributed by atoms with Crippen LogP contribution in [0.25, 0.3) is 0 Å². The smallest absolute Gasteiger partial charge is 0.493 e. The molecule has 0 unspecified atom stereocenters. The number of benzene rings is 2. The SMILES string of the molecule is COc1cc2c(cc1OC)CC(=O)N(CCCN(C)C[C@H]1Cc3cc(OC)c(OC)cc31)CC2.OB(O)O. The van der Waals surface area contributed by atoms with Gasteiger partial charge in [-0.25, -0.2) is 0 Å². The van der Waals surface area contributed by atoms with Crippen molar-refractivity contribution in [3.63, 3.8) is 0 Å². The first kappa shape index (κ1) is 29.6. The summed E-state index contributed by atoms with van der Waals surface area (Å²) >= 11 is 0. The van der Waals surface area contributed by atoms with Gasteiger partial charge in [-0.1, -0.05) is 0 Å². The highest BCUT2D eigenvalue weighted by atomic mass is 16.5. The molecule has 0 saturated carbocycles. The molecule has 0 aromatic heterocycles. The molecule has 208 valence electrons. The van der Waals surface area contributed by atoms with Crippen molar-refractivity contribution in [3.8, 4) is 23.0 Å². The summed E-state index contributed by atoms with van der Waals surface area (Å²) in [7, 11) is 6.62. The molecule has 10 nitrogen and oxygen atoms in total. The van der Waals surface area contributed by atoms with Crippen LogP contribution in [0.15, 0.2) is 24.3 Å². The zero-order chi connectivity index (χ0) is 27.8.